The second-order valence-electron chi connectivity index (χ2n) is 3.47. The predicted molar refractivity (Wildman–Crippen MR) is 71.3 cm³/mol. The second-order valence-corrected chi connectivity index (χ2v) is 6.35. The summed E-state index contributed by atoms with van der Waals surface area (Å²) in [5.41, 5.74) is 0. The molecule has 0 saturated heterocycles. The van der Waals surface area contributed by atoms with Gasteiger partial charge in [-0.2, -0.15) is 16.8 Å². The monoisotopic (exact) mass is 328 g/mol. The smallest absolute Gasteiger partial charge is 0.296 e. The van der Waals surface area contributed by atoms with E-state index in [4.69, 9.17) is 9.11 Å². The topological polar surface area (TPSA) is 142 Å². The highest BCUT2D eigenvalue weighted by Gasteiger charge is 2.06. The normalized spacial score (nSPS) is 10.2. The Morgan fingerprint density at radius 2 is 1.60 bits per heavy atom. The Morgan fingerprint density at radius 3 is 1.75 bits per heavy atom. The molecule has 1 aromatic rings. The summed E-state index contributed by atoms with van der Waals surface area (Å²) in [5.74, 6) is 0. The van der Waals surface area contributed by atoms with E-state index < -0.39 is 20.2 Å². The van der Waals surface area contributed by atoms with Crippen LogP contribution < -0.4 is 0 Å². The van der Waals surface area contributed by atoms with Crippen LogP contribution in [0.4, 0.5) is 0 Å². The number of pyridine rings is 1. The molecule has 0 aliphatic rings. The third kappa shape index (κ3) is 18.8. The Kier molecular flexibility index (Phi) is 9.71. The molecule has 0 bridgehead atoms. The maximum absolute atomic E-state index is 10.3. The molecule has 0 unspecified atom stereocenters. The van der Waals surface area contributed by atoms with Crippen LogP contribution >= 0.6 is 0 Å². The average molecular weight is 328 g/mol. The molecule has 20 heavy (non-hydrogen) atoms. The van der Waals surface area contributed by atoms with Gasteiger partial charge in [-0.1, -0.05) is 0 Å². The van der Waals surface area contributed by atoms with Crippen molar-refractivity contribution in [3.63, 3.8) is 0 Å². The van der Waals surface area contributed by atoms with Crippen molar-refractivity contribution in [2.24, 2.45) is 0 Å². The van der Waals surface area contributed by atoms with E-state index in [9.17, 15) is 21.6 Å². The first kappa shape index (κ1) is 20.8. The number of aromatic nitrogens is 1. The molecule has 1 aromatic heterocycles. The summed E-state index contributed by atoms with van der Waals surface area (Å²) in [6.07, 6.45) is 3.97. The van der Waals surface area contributed by atoms with Gasteiger partial charge < -0.3 is 4.90 Å². The quantitative estimate of drug-likeness (QED) is 0.548. The van der Waals surface area contributed by atoms with Gasteiger partial charge in [0.2, 0.25) is 6.41 Å². The fourth-order valence-electron chi connectivity index (χ4n) is 0.500. The molecule has 116 valence electrons. The van der Waals surface area contributed by atoms with Gasteiger partial charge in [-0.15, -0.1) is 0 Å². The number of carbonyl (C=O) groups is 1. The minimum Gasteiger partial charge on any atom is -0.351 e. The number of carbonyl (C=O) groups excluding carboxylic acids is 1. The first-order valence-corrected chi connectivity index (χ1v) is 8.08. The van der Waals surface area contributed by atoms with Crippen molar-refractivity contribution in [2.75, 3.05) is 20.4 Å². The van der Waals surface area contributed by atoms with Crippen molar-refractivity contribution >= 4 is 26.6 Å². The maximum atomic E-state index is 10.3. The van der Waals surface area contributed by atoms with Crippen LogP contribution in [-0.4, -0.2) is 62.6 Å². The molecule has 0 aliphatic carbocycles. The highest BCUT2D eigenvalue weighted by Crippen LogP contribution is 2.03. The van der Waals surface area contributed by atoms with Gasteiger partial charge >= 0.3 is 0 Å². The number of rotatable bonds is 2. The molecule has 9 nitrogen and oxygen atoms in total. The largest absolute Gasteiger partial charge is 0.351 e. The highest BCUT2D eigenvalue weighted by molar-refractivity contribution is 7.85. The van der Waals surface area contributed by atoms with Crippen LogP contribution in [0.3, 0.4) is 0 Å². The van der Waals surface area contributed by atoms with Gasteiger partial charge in [0.25, 0.3) is 20.2 Å². The summed E-state index contributed by atoms with van der Waals surface area (Å²) in [4.78, 5) is 14.2. The van der Waals surface area contributed by atoms with Gasteiger partial charge in [0.1, 0.15) is 4.90 Å². The van der Waals surface area contributed by atoms with Gasteiger partial charge in [-0.25, -0.2) is 0 Å². The second kappa shape index (κ2) is 9.36. The summed E-state index contributed by atoms with van der Waals surface area (Å²) in [5, 5.41) is 0. The van der Waals surface area contributed by atoms with Crippen molar-refractivity contribution in [3.05, 3.63) is 24.5 Å². The Balaban J connectivity index is 0. The lowest BCUT2D eigenvalue weighted by atomic mass is 10.5. The van der Waals surface area contributed by atoms with E-state index >= 15 is 0 Å². The third-order valence-electron chi connectivity index (χ3n) is 1.14. The molecule has 0 radical (unpaired) electrons. The summed E-state index contributed by atoms with van der Waals surface area (Å²) in [6.45, 7) is 0. The van der Waals surface area contributed by atoms with E-state index in [-0.39, 0.29) is 4.90 Å². The first-order valence-electron chi connectivity index (χ1n) is 4.79. The maximum Gasteiger partial charge on any atom is 0.296 e. The standard InChI is InChI=1S/C5H5NO3S.C3H7NO.CH4O3S/c7-10(8,9)5-2-1-3-6-4-5;1-4(2)3-5;1-5(2,3)4/h1-4H,(H,7,8,9);3H,1-2H3;1H3,(H,2,3,4). The van der Waals surface area contributed by atoms with Crippen molar-refractivity contribution < 1.29 is 30.7 Å². The molecule has 0 spiro atoms. The fourth-order valence-corrected chi connectivity index (χ4v) is 0.944. The fraction of sp³-hybridized carbons (Fsp3) is 0.333. The first-order chi connectivity index (χ1) is 8.88. The van der Waals surface area contributed by atoms with Crippen LogP contribution in [0, 0.1) is 0 Å². The zero-order valence-electron chi connectivity index (χ0n) is 11.0. The number of amides is 1. The Hall–Kier alpha value is -1.56. The highest BCUT2D eigenvalue weighted by atomic mass is 32.2. The van der Waals surface area contributed by atoms with E-state index in [1.807, 2.05) is 0 Å². The van der Waals surface area contributed by atoms with E-state index in [1.165, 1.54) is 23.2 Å². The van der Waals surface area contributed by atoms with Crippen LogP contribution in [0.15, 0.2) is 29.4 Å². The van der Waals surface area contributed by atoms with Crippen LogP contribution in [0.2, 0.25) is 0 Å². The van der Waals surface area contributed by atoms with E-state index in [0.717, 1.165) is 12.6 Å². The lowest BCUT2D eigenvalue weighted by molar-refractivity contribution is -0.115. The lowest BCUT2D eigenvalue weighted by Crippen LogP contribution is -2.06. The Morgan fingerprint density at radius 1 is 1.20 bits per heavy atom. The molecule has 0 fully saturated rings. The summed E-state index contributed by atoms with van der Waals surface area (Å²) in [6, 6.07) is 2.70. The van der Waals surface area contributed by atoms with Gasteiger partial charge in [-0.05, 0) is 12.1 Å². The van der Waals surface area contributed by atoms with Gasteiger partial charge in [-0.3, -0.25) is 18.9 Å². The minimum atomic E-state index is -4.07. The van der Waals surface area contributed by atoms with Crippen molar-refractivity contribution in [1.29, 1.82) is 0 Å². The van der Waals surface area contributed by atoms with Crippen molar-refractivity contribution in [3.8, 4) is 0 Å². The lowest BCUT2D eigenvalue weighted by Gasteiger charge is -1.93. The predicted octanol–water partition coefficient (Wildman–Crippen LogP) is -0.463. The molecule has 11 heteroatoms. The van der Waals surface area contributed by atoms with E-state index in [1.54, 1.807) is 14.1 Å². The van der Waals surface area contributed by atoms with Crippen molar-refractivity contribution in [1.82, 2.24) is 9.88 Å². The molecular weight excluding hydrogens is 312 g/mol. The summed E-state index contributed by atoms with van der Waals surface area (Å²) >= 11 is 0. The molecule has 0 atom stereocenters. The van der Waals surface area contributed by atoms with Crippen LogP contribution in [-0.2, 0) is 25.0 Å². The van der Waals surface area contributed by atoms with Crippen LogP contribution in [0.1, 0.15) is 0 Å². The van der Waals surface area contributed by atoms with E-state index in [0.29, 0.717) is 6.26 Å². The van der Waals surface area contributed by atoms with E-state index in [2.05, 4.69) is 4.98 Å². The Labute approximate surface area is 117 Å². The summed E-state index contributed by atoms with van der Waals surface area (Å²) < 4.78 is 55.0. The molecule has 0 aliphatic heterocycles. The molecule has 0 saturated carbocycles. The minimum absolute atomic E-state index is 0.185. The SMILES string of the molecule is CN(C)C=O.CS(=O)(=O)O.O=S(=O)(O)c1cccnc1. The molecule has 2 N–H and O–H groups in total. The number of hydrogen-bond acceptors (Lipinski definition) is 6. The number of hydrogen-bond donors (Lipinski definition) is 2. The number of nitrogens with zero attached hydrogens (tertiary/aromatic N) is 2. The van der Waals surface area contributed by atoms with Gasteiger partial charge in [0, 0.05) is 26.5 Å². The molecule has 1 heterocycles. The van der Waals surface area contributed by atoms with Crippen molar-refractivity contribution in [2.45, 2.75) is 4.90 Å². The Bertz CT molecular complexity index is 574. The van der Waals surface area contributed by atoms with Crippen LogP contribution in [0.25, 0.3) is 0 Å². The molecule has 1 rings (SSSR count). The van der Waals surface area contributed by atoms with Gasteiger partial charge in [0.15, 0.2) is 0 Å². The van der Waals surface area contributed by atoms with Crippen LogP contribution in [0.5, 0.6) is 0 Å². The zero-order valence-corrected chi connectivity index (χ0v) is 12.7. The summed E-state index contributed by atoms with van der Waals surface area (Å²) in [7, 11) is -4.36. The van der Waals surface area contributed by atoms with Gasteiger partial charge in [0.05, 0.1) is 6.26 Å². The molecule has 0 aromatic carbocycles. The molecule has 1 amide bonds. The average Bonchev–Trinajstić information content (AvgIpc) is 2.27. The zero-order chi connectivity index (χ0) is 16.4. The molecular formula is C9H16N2O7S2. The third-order valence-corrected chi connectivity index (χ3v) is 1.98.